The molecule has 3 aliphatic rings. The summed E-state index contributed by atoms with van der Waals surface area (Å²) in [5.41, 5.74) is 1.06. The number of hydrogen-bond donors (Lipinski definition) is 2. The van der Waals surface area contributed by atoms with Crippen molar-refractivity contribution in [2.24, 2.45) is 0 Å². The van der Waals surface area contributed by atoms with Gasteiger partial charge in [0.15, 0.2) is 0 Å². The zero-order valence-corrected chi connectivity index (χ0v) is 14.2. The number of hydrogen-bond acceptors (Lipinski definition) is 7. The van der Waals surface area contributed by atoms with Crippen LogP contribution in [0.25, 0.3) is 0 Å². The molecular weight excluding hydrogens is 306 g/mol. The second-order valence-electron chi connectivity index (χ2n) is 7.07. The molecule has 3 fully saturated rings. The molecule has 0 aromatic carbocycles. The Labute approximate surface area is 143 Å². The van der Waals surface area contributed by atoms with Gasteiger partial charge in [-0.05, 0) is 32.4 Å². The normalized spacial score (nSPS) is 25.2. The summed E-state index contributed by atoms with van der Waals surface area (Å²) in [5, 5.41) is 13.0. The van der Waals surface area contributed by atoms with Crippen molar-refractivity contribution in [1.82, 2.24) is 14.9 Å². The lowest BCUT2D eigenvalue weighted by Crippen LogP contribution is -2.51. The third kappa shape index (κ3) is 3.63. The molecule has 0 unspecified atom stereocenters. The highest BCUT2D eigenvalue weighted by molar-refractivity contribution is 5.46. The van der Waals surface area contributed by atoms with Crippen molar-refractivity contribution in [2.45, 2.75) is 31.3 Å². The van der Waals surface area contributed by atoms with E-state index in [2.05, 4.69) is 21.3 Å². The highest BCUT2D eigenvalue weighted by atomic mass is 16.5. The van der Waals surface area contributed by atoms with E-state index in [4.69, 9.17) is 9.72 Å². The van der Waals surface area contributed by atoms with Crippen molar-refractivity contribution in [2.75, 3.05) is 62.7 Å². The summed E-state index contributed by atoms with van der Waals surface area (Å²) in [6.45, 7) is 7.19. The summed E-state index contributed by atoms with van der Waals surface area (Å²) >= 11 is 0. The average molecular weight is 333 g/mol. The van der Waals surface area contributed by atoms with Gasteiger partial charge in [0, 0.05) is 44.8 Å². The molecule has 4 heterocycles. The molecule has 2 N–H and O–H groups in total. The molecule has 0 radical (unpaired) electrons. The number of aliphatic hydroxyl groups excluding tert-OH is 1. The van der Waals surface area contributed by atoms with E-state index in [0.29, 0.717) is 19.0 Å². The van der Waals surface area contributed by atoms with Crippen LogP contribution in [0.15, 0.2) is 6.07 Å². The number of nitrogens with zero attached hydrogens (tertiary/aromatic N) is 4. The minimum Gasteiger partial charge on any atom is -0.389 e. The summed E-state index contributed by atoms with van der Waals surface area (Å²) in [6.07, 6.45) is 3.41. The molecule has 1 aromatic rings. The zero-order chi connectivity index (χ0) is 16.4. The van der Waals surface area contributed by atoms with Crippen LogP contribution in [-0.4, -0.2) is 78.6 Å². The minimum atomic E-state index is -0.251. The van der Waals surface area contributed by atoms with Crippen molar-refractivity contribution in [3.63, 3.8) is 0 Å². The van der Waals surface area contributed by atoms with Crippen molar-refractivity contribution in [1.29, 1.82) is 0 Å². The fraction of sp³-hybridized carbons (Fsp3) is 0.765. The molecule has 4 rings (SSSR count). The molecule has 7 nitrogen and oxygen atoms in total. The van der Waals surface area contributed by atoms with Gasteiger partial charge in [-0.3, -0.25) is 0 Å². The predicted molar refractivity (Wildman–Crippen MR) is 92.6 cm³/mol. The van der Waals surface area contributed by atoms with Gasteiger partial charge in [-0.1, -0.05) is 0 Å². The summed E-state index contributed by atoms with van der Waals surface area (Å²) in [6, 6.07) is 2.07. The van der Waals surface area contributed by atoms with Crippen LogP contribution in [0.5, 0.6) is 0 Å². The number of β-amino-alcohol motifs (C(OH)–C–C–N with tert-alkyl or cyclic N) is 1. The number of rotatable bonds is 6. The molecule has 7 heteroatoms. The van der Waals surface area contributed by atoms with E-state index in [0.717, 1.165) is 50.2 Å². The average Bonchev–Trinajstić information content (AvgIpc) is 3.25. The second-order valence-corrected chi connectivity index (χ2v) is 7.07. The van der Waals surface area contributed by atoms with Crippen molar-refractivity contribution in [3.05, 3.63) is 11.8 Å². The number of likely N-dealkylation sites (tertiary alicyclic amines) is 1. The van der Waals surface area contributed by atoms with Crippen LogP contribution in [0.2, 0.25) is 0 Å². The molecule has 1 atom stereocenters. The van der Waals surface area contributed by atoms with E-state index < -0.39 is 0 Å². The first-order chi connectivity index (χ1) is 11.8. The number of aliphatic hydroxyl groups is 1. The maximum atomic E-state index is 9.55. The first kappa shape index (κ1) is 16.1. The molecule has 0 bridgehead atoms. The van der Waals surface area contributed by atoms with Crippen LogP contribution in [-0.2, 0) is 4.74 Å². The Morgan fingerprint density at radius 2 is 2.08 bits per heavy atom. The van der Waals surface area contributed by atoms with Crippen LogP contribution in [0, 0.1) is 0 Å². The molecule has 0 spiro atoms. The van der Waals surface area contributed by atoms with Crippen molar-refractivity contribution < 1.29 is 9.84 Å². The molecule has 0 aliphatic carbocycles. The monoisotopic (exact) mass is 333 g/mol. The van der Waals surface area contributed by atoms with Gasteiger partial charge in [0.1, 0.15) is 5.82 Å². The van der Waals surface area contributed by atoms with Gasteiger partial charge in [0.05, 0.1) is 18.4 Å². The fourth-order valence-electron chi connectivity index (χ4n) is 3.63. The van der Waals surface area contributed by atoms with Gasteiger partial charge >= 0.3 is 0 Å². The standard InChI is InChI=1S/C17H27N5O2/c23-14-10-22(11-14)17-19-15(13-3-8-24-12-13)9-16(20-17)18-4-7-21-5-1-2-6-21/h9,13-14,23H,1-8,10-12H2,(H,18,19,20)/t13-/m0/s1. The van der Waals surface area contributed by atoms with E-state index in [1.165, 1.54) is 25.9 Å². The molecule has 1 aromatic heterocycles. The minimum absolute atomic E-state index is 0.251. The number of aromatic nitrogens is 2. The van der Waals surface area contributed by atoms with Crippen LogP contribution in [0.3, 0.4) is 0 Å². The van der Waals surface area contributed by atoms with E-state index in [1.807, 2.05) is 4.90 Å². The number of anilines is 2. The van der Waals surface area contributed by atoms with Gasteiger partial charge in [-0.15, -0.1) is 0 Å². The first-order valence-electron chi connectivity index (χ1n) is 9.14. The molecule has 3 saturated heterocycles. The largest absolute Gasteiger partial charge is 0.389 e. The Bertz CT molecular complexity index is 552. The SMILES string of the molecule is OC1CN(c2nc(NCCN3CCCC3)cc([C@H]3CCOC3)n2)C1. The number of ether oxygens (including phenoxy) is 1. The van der Waals surface area contributed by atoms with Crippen LogP contribution in [0.1, 0.15) is 30.9 Å². The van der Waals surface area contributed by atoms with Crippen molar-refractivity contribution in [3.8, 4) is 0 Å². The van der Waals surface area contributed by atoms with E-state index >= 15 is 0 Å². The zero-order valence-electron chi connectivity index (χ0n) is 14.2. The number of nitrogens with one attached hydrogen (secondary N) is 1. The summed E-state index contributed by atoms with van der Waals surface area (Å²) in [5.74, 6) is 1.98. The van der Waals surface area contributed by atoms with Gasteiger partial charge < -0.3 is 25.0 Å². The quantitative estimate of drug-likeness (QED) is 0.792. The Morgan fingerprint density at radius 1 is 1.25 bits per heavy atom. The van der Waals surface area contributed by atoms with E-state index in [1.54, 1.807) is 0 Å². The lowest BCUT2D eigenvalue weighted by Gasteiger charge is -2.36. The van der Waals surface area contributed by atoms with Gasteiger partial charge in [-0.2, -0.15) is 4.98 Å². The van der Waals surface area contributed by atoms with E-state index in [9.17, 15) is 5.11 Å². The summed E-state index contributed by atoms with van der Waals surface area (Å²) in [4.78, 5) is 13.9. The molecule has 3 aliphatic heterocycles. The van der Waals surface area contributed by atoms with Crippen LogP contribution >= 0.6 is 0 Å². The Kier molecular flexibility index (Phi) is 4.82. The smallest absolute Gasteiger partial charge is 0.227 e. The Morgan fingerprint density at radius 3 is 2.79 bits per heavy atom. The summed E-state index contributed by atoms with van der Waals surface area (Å²) in [7, 11) is 0. The highest BCUT2D eigenvalue weighted by Crippen LogP contribution is 2.28. The summed E-state index contributed by atoms with van der Waals surface area (Å²) < 4.78 is 5.52. The lowest BCUT2D eigenvalue weighted by molar-refractivity contribution is 0.140. The fourth-order valence-corrected chi connectivity index (χ4v) is 3.63. The first-order valence-corrected chi connectivity index (χ1v) is 9.14. The van der Waals surface area contributed by atoms with Gasteiger partial charge in [-0.25, -0.2) is 4.98 Å². The molecule has 132 valence electrons. The van der Waals surface area contributed by atoms with Gasteiger partial charge in [0.2, 0.25) is 5.95 Å². The van der Waals surface area contributed by atoms with Gasteiger partial charge in [0.25, 0.3) is 0 Å². The second kappa shape index (κ2) is 7.21. The van der Waals surface area contributed by atoms with Crippen molar-refractivity contribution >= 4 is 11.8 Å². The topological polar surface area (TPSA) is 73.8 Å². The highest BCUT2D eigenvalue weighted by Gasteiger charge is 2.28. The molecule has 24 heavy (non-hydrogen) atoms. The lowest BCUT2D eigenvalue weighted by atomic mass is 10.0. The van der Waals surface area contributed by atoms with Crippen LogP contribution in [0.4, 0.5) is 11.8 Å². The molecule has 0 amide bonds. The predicted octanol–water partition coefficient (Wildman–Crippen LogP) is 0.669. The maximum Gasteiger partial charge on any atom is 0.227 e. The molecule has 0 saturated carbocycles. The molecular formula is C17H27N5O2. The maximum absolute atomic E-state index is 9.55. The third-order valence-electron chi connectivity index (χ3n) is 5.16. The van der Waals surface area contributed by atoms with Crippen LogP contribution < -0.4 is 10.2 Å². The Hall–Kier alpha value is -1.44. The van der Waals surface area contributed by atoms with E-state index in [-0.39, 0.29) is 6.10 Å². The Balaban J connectivity index is 1.44. The third-order valence-corrected chi connectivity index (χ3v) is 5.16.